The molecule has 5 heteroatoms. The lowest BCUT2D eigenvalue weighted by Gasteiger charge is -2.11. The Balaban J connectivity index is 0.00000242. The van der Waals surface area contributed by atoms with Gasteiger partial charge in [0, 0.05) is 25.5 Å². The van der Waals surface area contributed by atoms with Crippen LogP contribution in [0.2, 0.25) is 0 Å². The zero-order valence-corrected chi connectivity index (χ0v) is 13.4. The highest BCUT2D eigenvalue weighted by Gasteiger charge is 2.05. The molecule has 0 aliphatic rings. The third kappa shape index (κ3) is 5.39. The van der Waals surface area contributed by atoms with E-state index in [1.54, 1.807) is 19.4 Å². The van der Waals surface area contributed by atoms with Crippen LogP contribution in [0.1, 0.15) is 11.1 Å². The fourth-order valence-corrected chi connectivity index (χ4v) is 1.94. The summed E-state index contributed by atoms with van der Waals surface area (Å²) < 4.78 is 10.9. The number of aromatic nitrogens is 1. The molecule has 0 bridgehead atoms. The highest BCUT2D eigenvalue weighted by molar-refractivity contribution is 5.85. The Kier molecular flexibility index (Phi) is 8.04. The molecule has 0 fully saturated rings. The summed E-state index contributed by atoms with van der Waals surface area (Å²) in [6.07, 6.45) is 5.35. The van der Waals surface area contributed by atoms with Crippen LogP contribution >= 0.6 is 12.4 Å². The smallest absolute Gasteiger partial charge is 0.161 e. The molecule has 0 aliphatic heterocycles. The number of nitrogens with one attached hydrogen (secondary N) is 1. The molecule has 4 nitrogen and oxygen atoms in total. The Hall–Kier alpha value is -2.04. The largest absolute Gasteiger partial charge is 0.493 e. The van der Waals surface area contributed by atoms with Gasteiger partial charge in [-0.05, 0) is 29.3 Å². The van der Waals surface area contributed by atoms with Gasteiger partial charge in [-0.3, -0.25) is 4.98 Å². The van der Waals surface area contributed by atoms with Crippen molar-refractivity contribution >= 4 is 12.4 Å². The third-order valence-electron chi connectivity index (χ3n) is 2.97. The molecule has 22 heavy (non-hydrogen) atoms. The van der Waals surface area contributed by atoms with Gasteiger partial charge in [0.2, 0.25) is 0 Å². The molecule has 0 unspecified atom stereocenters. The Morgan fingerprint density at radius 3 is 2.68 bits per heavy atom. The van der Waals surface area contributed by atoms with Crippen LogP contribution in [0, 0.1) is 0 Å². The van der Waals surface area contributed by atoms with Crippen molar-refractivity contribution in [3.63, 3.8) is 0 Å². The Morgan fingerprint density at radius 1 is 1.18 bits per heavy atom. The fourth-order valence-electron chi connectivity index (χ4n) is 1.94. The first-order valence-corrected chi connectivity index (χ1v) is 6.83. The minimum Gasteiger partial charge on any atom is -0.493 e. The molecular weight excluding hydrogens is 300 g/mol. The van der Waals surface area contributed by atoms with E-state index >= 15 is 0 Å². The van der Waals surface area contributed by atoms with Crippen LogP contribution in [-0.2, 0) is 13.1 Å². The summed E-state index contributed by atoms with van der Waals surface area (Å²) in [7, 11) is 1.64. The number of hydrogen-bond donors (Lipinski definition) is 1. The predicted octanol–water partition coefficient (Wildman–Crippen LogP) is 3.37. The predicted molar refractivity (Wildman–Crippen MR) is 90.7 cm³/mol. The highest BCUT2D eigenvalue weighted by Crippen LogP contribution is 2.28. The van der Waals surface area contributed by atoms with E-state index in [4.69, 9.17) is 9.47 Å². The molecule has 0 spiro atoms. The van der Waals surface area contributed by atoms with Crippen molar-refractivity contribution in [2.24, 2.45) is 0 Å². The SMILES string of the molecule is C=CCOc1ccc(CNCc2cccnc2)cc1OC.Cl. The van der Waals surface area contributed by atoms with E-state index in [1.807, 2.05) is 36.5 Å². The quantitative estimate of drug-likeness (QED) is 0.757. The van der Waals surface area contributed by atoms with Gasteiger partial charge in [-0.2, -0.15) is 0 Å². The van der Waals surface area contributed by atoms with Crippen molar-refractivity contribution in [3.05, 3.63) is 66.5 Å². The maximum Gasteiger partial charge on any atom is 0.161 e. The minimum atomic E-state index is 0. The van der Waals surface area contributed by atoms with Crippen molar-refractivity contribution < 1.29 is 9.47 Å². The van der Waals surface area contributed by atoms with Crippen LogP contribution in [0.5, 0.6) is 11.5 Å². The van der Waals surface area contributed by atoms with Gasteiger partial charge in [0.1, 0.15) is 6.61 Å². The lowest BCUT2D eigenvalue weighted by Crippen LogP contribution is -2.12. The first kappa shape index (κ1) is 18.0. The summed E-state index contributed by atoms with van der Waals surface area (Å²) in [6.45, 7) is 5.64. The molecule has 1 heterocycles. The summed E-state index contributed by atoms with van der Waals surface area (Å²) in [5.41, 5.74) is 2.30. The van der Waals surface area contributed by atoms with Gasteiger partial charge in [0.15, 0.2) is 11.5 Å². The second-order valence-corrected chi connectivity index (χ2v) is 4.55. The van der Waals surface area contributed by atoms with Crippen LogP contribution in [0.3, 0.4) is 0 Å². The summed E-state index contributed by atoms with van der Waals surface area (Å²) in [6, 6.07) is 9.91. The van der Waals surface area contributed by atoms with E-state index < -0.39 is 0 Å². The number of halogens is 1. The molecule has 1 aromatic carbocycles. The molecule has 0 aliphatic carbocycles. The van der Waals surface area contributed by atoms with E-state index in [1.165, 1.54) is 0 Å². The van der Waals surface area contributed by atoms with Crippen molar-refractivity contribution in [2.45, 2.75) is 13.1 Å². The molecule has 1 N–H and O–H groups in total. The maximum atomic E-state index is 5.53. The van der Waals surface area contributed by atoms with Crippen molar-refractivity contribution in [2.75, 3.05) is 13.7 Å². The van der Waals surface area contributed by atoms with Crippen LogP contribution in [0.15, 0.2) is 55.4 Å². The third-order valence-corrected chi connectivity index (χ3v) is 2.97. The van der Waals surface area contributed by atoms with E-state index in [0.717, 1.165) is 35.7 Å². The number of hydrogen-bond acceptors (Lipinski definition) is 4. The van der Waals surface area contributed by atoms with Gasteiger partial charge >= 0.3 is 0 Å². The normalized spacial score (nSPS) is 9.68. The molecule has 0 radical (unpaired) electrons. The van der Waals surface area contributed by atoms with E-state index in [2.05, 4.69) is 16.9 Å². The van der Waals surface area contributed by atoms with Gasteiger partial charge in [-0.15, -0.1) is 12.4 Å². The number of methoxy groups -OCH3 is 1. The Bertz CT molecular complexity index is 576. The number of nitrogens with zero attached hydrogens (tertiary/aromatic N) is 1. The van der Waals surface area contributed by atoms with Crippen LogP contribution < -0.4 is 14.8 Å². The van der Waals surface area contributed by atoms with E-state index in [0.29, 0.717) is 6.61 Å². The van der Waals surface area contributed by atoms with Crippen molar-refractivity contribution in [1.29, 1.82) is 0 Å². The summed E-state index contributed by atoms with van der Waals surface area (Å²) >= 11 is 0. The molecule has 2 rings (SSSR count). The van der Waals surface area contributed by atoms with Crippen LogP contribution in [0.25, 0.3) is 0 Å². The van der Waals surface area contributed by atoms with Crippen LogP contribution in [-0.4, -0.2) is 18.7 Å². The second-order valence-electron chi connectivity index (χ2n) is 4.55. The monoisotopic (exact) mass is 320 g/mol. The average molecular weight is 321 g/mol. The number of rotatable bonds is 8. The zero-order chi connectivity index (χ0) is 14.9. The highest BCUT2D eigenvalue weighted by atomic mass is 35.5. The van der Waals surface area contributed by atoms with Gasteiger partial charge < -0.3 is 14.8 Å². The van der Waals surface area contributed by atoms with Gasteiger partial charge in [0.05, 0.1) is 7.11 Å². The molecule has 0 saturated carbocycles. The zero-order valence-electron chi connectivity index (χ0n) is 12.6. The number of ether oxygens (including phenoxy) is 2. The average Bonchev–Trinajstić information content (AvgIpc) is 2.54. The lowest BCUT2D eigenvalue weighted by atomic mass is 10.2. The van der Waals surface area contributed by atoms with Crippen molar-refractivity contribution in [3.8, 4) is 11.5 Å². The van der Waals surface area contributed by atoms with Gasteiger partial charge in [-0.1, -0.05) is 24.8 Å². The molecule has 0 saturated heterocycles. The topological polar surface area (TPSA) is 43.4 Å². The first-order chi connectivity index (χ1) is 10.3. The standard InChI is InChI=1S/C17H20N2O2.ClH/c1-3-9-21-16-7-6-14(10-17(16)20-2)11-19-13-15-5-4-8-18-12-15;/h3-8,10,12,19H,1,9,11,13H2,2H3;1H. The summed E-state index contributed by atoms with van der Waals surface area (Å²) in [4.78, 5) is 4.09. The van der Waals surface area contributed by atoms with Crippen molar-refractivity contribution in [1.82, 2.24) is 10.3 Å². The summed E-state index contributed by atoms with van der Waals surface area (Å²) in [5, 5.41) is 3.38. The molecule has 118 valence electrons. The number of benzene rings is 1. The second kappa shape index (κ2) is 9.82. The Labute approximate surface area is 137 Å². The van der Waals surface area contributed by atoms with Gasteiger partial charge in [0.25, 0.3) is 0 Å². The maximum absolute atomic E-state index is 5.53. The molecule has 2 aromatic rings. The van der Waals surface area contributed by atoms with Gasteiger partial charge in [-0.25, -0.2) is 0 Å². The molecule has 0 amide bonds. The van der Waals surface area contributed by atoms with E-state index in [9.17, 15) is 0 Å². The fraction of sp³-hybridized carbons (Fsp3) is 0.235. The van der Waals surface area contributed by atoms with E-state index in [-0.39, 0.29) is 12.4 Å². The lowest BCUT2D eigenvalue weighted by molar-refractivity contribution is 0.326. The Morgan fingerprint density at radius 2 is 2.00 bits per heavy atom. The minimum absolute atomic E-state index is 0. The molecule has 1 aromatic heterocycles. The summed E-state index contributed by atoms with van der Waals surface area (Å²) in [5.74, 6) is 1.46. The van der Waals surface area contributed by atoms with Crippen LogP contribution in [0.4, 0.5) is 0 Å². The first-order valence-electron chi connectivity index (χ1n) is 6.83. The molecular formula is C17H21ClN2O2. The molecule has 0 atom stereocenters. The number of pyridine rings is 1.